The van der Waals surface area contributed by atoms with Gasteiger partial charge in [-0.2, -0.15) is 0 Å². The summed E-state index contributed by atoms with van der Waals surface area (Å²) in [6, 6.07) is 6.98. The average molecular weight is 254 g/mol. The van der Waals surface area contributed by atoms with E-state index in [0.717, 1.165) is 5.57 Å². The van der Waals surface area contributed by atoms with Crippen LogP contribution in [-0.2, 0) is 15.8 Å². The maximum absolute atomic E-state index is 12.0. The van der Waals surface area contributed by atoms with E-state index < -0.39 is 10.0 Å². The molecule has 1 aromatic rings. The first-order chi connectivity index (χ1) is 7.83. The Kier molecular flexibility index (Phi) is 4.31. The van der Waals surface area contributed by atoms with Crippen molar-refractivity contribution in [2.45, 2.75) is 12.7 Å². The Hall–Kier alpha value is -1.33. The third-order valence-electron chi connectivity index (χ3n) is 2.36. The van der Waals surface area contributed by atoms with Crippen molar-refractivity contribution in [3.05, 3.63) is 42.0 Å². The lowest BCUT2D eigenvalue weighted by Gasteiger charge is -2.17. The van der Waals surface area contributed by atoms with Crippen molar-refractivity contribution >= 4 is 15.7 Å². The molecule has 0 aromatic heterocycles. The van der Waals surface area contributed by atoms with Gasteiger partial charge in [-0.15, -0.1) is 0 Å². The molecule has 0 aliphatic rings. The number of para-hydroxylation sites is 1. The van der Waals surface area contributed by atoms with Crippen molar-refractivity contribution in [3.8, 4) is 0 Å². The number of likely N-dealkylation sites (N-methyl/N-ethyl adjacent to an activating group) is 1. The van der Waals surface area contributed by atoms with E-state index in [-0.39, 0.29) is 5.75 Å². The summed E-state index contributed by atoms with van der Waals surface area (Å²) in [5.41, 5.74) is 7.66. The summed E-state index contributed by atoms with van der Waals surface area (Å²) in [4.78, 5) is 0. The van der Waals surface area contributed by atoms with Crippen molar-refractivity contribution < 1.29 is 8.42 Å². The van der Waals surface area contributed by atoms with E-state index in [1.165, 1.54) is 4.31 Å². The molecule has 0 fully saturated rings. The SMILES string of the molecule is C=C(C)CN(C)S(=O)(=O)Cc1ccccc1N. The molecule has 94 valence electrons. The average Bonchev–Trinajstić information content (AvgIpc) is 2.20. The molecule has 0 saturated carbocycles. The van der Waals surface area contributed by atoms with Crippen LogP contribution in [0.15, 0.2) is 36.4 Å². The van der Waals surface area contributed by atoms with Crippen LogP contribution in [0.3, 0.4) is 0 Å². The molecule has 0 aliphatic heterocycles. The summed E-state index contributed by atoms with van der Waals surface area (Å²) in [5, 5.41) is 0. The van der Waals surface area contributed by atoms with Crippen LogP contribution in [0.1, 0.15) is 12.5 Å². The highest BCUT2D eigenvalue weighted by Crippen LogP contribution is 2.16. The van der Waals surface area contributed by atoms with Gasteiger partial charge in [0.15, 0.2) is 0 Å². The second-order valence-electron chi connectivity index (χ2n) is 4.17. The number of nitrogens with two attached hydrogens (primary N) is 1. The third kappa shape index (κ3) is 3.87. The number of hydrogen-bond donors (Lipinski definition) is 1. The standard InChI is InChI=1S/C12H18N2O2S/c1-10(2)8-14(3)17(15,16)9-11-6-4-5-7-12(11)13/h4-7H,1,8-9,13H2,2-3H3. The van der Waals surface area contributed by atoms with Crippen molar-refractivity contribution in [3.63, 3.8) is 0 Å². The van der Waals surface area contributed by atoms with Gasteiger partial charge in [0.2, 0.25) is 10.0 Å². The lowest BCUT2D eigenvalue weighted by Crippen LogP contribution is -2.29. The second kappa shape index (κ2) is 5.33. The molecule has 0 saturated heterocycles. The van der Waals surface area contributed by atoms with E-state index in [1.54, 1.807) is 38.2 Å². The fourth-order valence-corrected chi connectivity index (χ4v) is 2.74. The quantitative estimate of drug-likeness (QED) is 0.641. The minimum absolute atomic E-state index is 0.0799. The Morgan fingerprint density at radius 2 is 2.00 bits per heavy atom. The normalized spacial score (nSPS) is 11.7. The molecule has 0 aliphatic carbocycles. The Labute approximate surface area is 103 Å². The summed E-state index contributed by atoms with van der Waals surface area (Å²) < 4.78 is 25.3. The summed E-state index contributed by atoms with van der Waals surface area (Å²) in [7, 11) is -1.79. The monoisotopic (exact) mass is 254 g/mol. The van der Waals surface area contributed by atoms with Gasteiger partial charge in [-0.1, -0.05) is 30.4 Å². The highest BCUT2D eigenvalue weighted by Gasteiger charge is 2.19. The molecule has 0 amide bonds. The molecule has 1 rings (SSSR count). The van der Waals surface area contributed by atoms with Crippen LogP contribution in [0.4, 0.5) is 5.69 Å². The Morgan fingerprint density at radius 3 is 2.53 bits per heavy atom. The Bertz CT molecular complexity index is 509. The number of sulfonamides is 1. The van der Waals surface area contributed by atoms with Crippen LogP contribution in [0, 0.1) is 0 Å². The molecule has 0 bridgehead atoms. The van der Waals surface area contributed by atoms with Gasteiger partial charge in [0.1, 0.15) is 0 Å². The number of hydrogen-bond acceptors (Lipinski definition) is 3. The zero-order valence-corrected chi connectivity index (χ0v) is 11.0. The Balaban J connectivity index is 2.87. The minimum atomic E-state index is -3.34. The van der Waals surface area contributed by atoms with Gasteiger partial charge < -0.3 is 5.73 Å². The van der Waals surface area contributed by atoms with Gasteiger partial charge >= 0.3 is 0 Å². The van der Waals surface area contributed by atoms with Crippen LogP contribution in [0.5, 0.6) is 0 Å². The molecule has 17 heavy (non-hydrogen) atoms. The second-order valence-corrected chi connectivity index (χ2v) is 6.24. The summed E-state index contributed by atoms with van der Waals surface area (Å²) in [6.45, 7) is 5.83. The van der Waals surface area contributed by atoms with Crippen molar-refractivity contribution in [1.82, 2.24) is 4.31 Å². The number of nitrogens with zero attached hydrogens (tertiary/aromatic N) is 1. The van der Waals surface area contributed by atoms with Gasteiger partial charge in [0, 0.05) is 19.3 Å². The molecule has 5 heteroatoms. The smallest absolute Gasteiger partial charge is 0.218 e. The number of anilines is 1. The summed E-state index contributed by atoms with van der Waals surface area (Å²) in [6.07, 6.45) is 0. The van der Waals surface area contributed by atoms with Crippen LogP contribution in [0.2, 0.25) is 0 Å². The van der Waals surface area contributed by atoms with Crippen molar-refractivity contribution in [2.24, 2.45) is 0 Å². The molecule has 0 spiro atoms. The van der Waals surface area contributed by atoms with E-state index in [1.807, 2.05) is 0 Å². The van der Waals surface area contributed by atoms with E-state index >= 15 is 0 Å². The minimum Gasteiger partial charge on any atom is -0.398 e. The number of benzene rings is 1. The molecule has 0 radical (unpaired) electrons. The van der Waals surface area contributed by atoms with Gasteiger partial charge in [-0.05, 0) is 18.6 Å². The summed E-state index contributed by atoms with van der Waals surface area (Å²) >= 11 is 0. The van der Waals surface area contributed by atoms with Crippen LogP contribution in [0.25, 0.3) is 0 Å². The first-order valence-electron chi connectivity index (χ1n) is 5.24. The van der Waals surface area contributed by atoms with Crippen LogP contribution in [-0.4, -0.2) is 26.3 Å². The fraction of sp³-hybridized carbons (Fsp3) is 0.333. The van der Waals surface area contributed by atoms with Gasteiger partial charge in [-0.25, -0.2) is 12.7 Å². The molecular formula is C12H18N2O2S. The van der Waals surface area contributed by atoms with Crippen molar-refractivity contribution in [1.29, 1.82) is 0 Å². The maximum atomic E-state index is 12.0. The number of rotatable bonds is 5. The van der Waals surface area contributed by atoms with E-state index in [9.17, 15) is 8.42 Å². The lowest BCUT2D eigenvalue weighted by molar-refractivity contribution is 0.492. The highest BCUT2D eigenvalue weighted by atomic mass is 32.2. The fourth-order valence-electron chi connectivity index (χ4n) is 1.45. The maximum Gasteiger partial charge on any atom is 0.218 e. The Morgan fingerprint density at radius 1 is 1.41 bits per heavy atom. The topological polar surface area (TPSA) is 63.4 Å². The lowest BCUT2D eigenvalue weighted by atomic mass is 10.2. The molecular weight excluding hydrogens is 236 g/mol. The molecule has 1 aromatic carbocycles. The first kappa shape index (κ1) is 13.7. The largest absolute Gasteiger partial charge is 0.398 e. The predicted molar refractivity (Wildman–Crippen MR) is 70.9 cm³/mol. The number of nitrogen functional groups attached to an aromatic ring is 1. The van der Waals surface area contributed by atoms with Gasteiger partial charge in [0.25, 0.3) is 0 Å². The van der Waals surface area contributed by atoms with Gasteiger partial charge in [0.05, 0.1) is 5.75 Å². The zero-order valence-electron chi connectivity index (χ0n) is 10.2. The van der Waals surface area contributed by atoms with Gasteiger partial charge in [-0.3, -0.25) is 0 Å². The van der Waals surface area contributed by atoms with Crippen molar-refractivity contribution in [2.75, 3.05) is 19.3 Å². The third-order valence-corrected chi connectivity index (χ3v) is 4.12. The van der Waals surface area contributed by atoms with E-state index in [0.29, 0.717) is 17.8 Å². The van der Waals surface area contributed by atoms with Crippen LogP contribution < -0.4 is 5.73 Å². The summed E-state index contributed by atoms with van der Waals surface area (Å²) in [5.74, 6) is -0.0799. The molecule has 2 N–H and O–H groups in total. The highest BCUT2D eigenvalue weighted by molar-refractivity contribution is 7.88. The van der Waals surface area contributed by atoms with E-state index in [2.05, 4.69) is 6.58 Å². The molecule has 0 heterocycles. The molecule has 4 nitrogen and oxygen atoms in total. The van der Waals surface area contributed by atoms with E-state index in [4.69, 9.17) is 5.73 Å². The zero-order chi connectivity index (χ0) is 13.1. The predicted octanol–water partition coefficient (Wildman–Crippen LogP) is 1.61. The first-order valence-corrected chi connectivity index (χ1v) is 6.85. The van der Waals surface area contributed by atoms with Crippen LogP contribution >= 0.6 is 0 Å². The molecule has 0 atom stereocenters. The molecule has 0 unspecified atom stereocenters.